The van der Waals surface area contributed by atoms with Crippen LogP contribution >= 0.6 is 33.9 Å². The van der Waals surface area contributed by atoms with E-state index in [9.17, 15) is 5.11 Å². The Hall–Kier alpha value is -3.81. The van der Waals surface area contributed by atoms with E-state index in [1.165, 1.54) is 22.3 Å². The summed E-state index contributed by atoms with van der Waals surface area (Å²) in [6.07, 6.45) is 1.72. The normalized spacial score (nSPS) is 11.5. The summed E-state index contributed by atoms with van der Waals surface area (Å²) in [5.74, 6) is 0.211. The van der Waals surface area contributed by atoms with Crippen LogP contribution in [0.1, 0.15) is 16.7 Å². The molecule has 5 aromatic carbocycles. The molecular formula is C34H25IN2OS. The standard InChI is InChI=1S/C34H25IN2OS/c1-21-14-22(2)16-24(15-21)25-18-29(23-8-4-3-5-9-23)33-32(19-25)39-34(37-33)28-10-6-7-11-30(28)36-20-26-17-27(35)12-13-31(26)38/h3-20,38H,1-2H3. The zero-order valence-electron chi connectivity index (χ0n) is 21.5. The van der Waals surface area contributed by atoms with Crippen LogP contribution in [0.5, 0.6) is 5.75 Å². The fraction of sp³-hybridized carbons (Fsp3) is 0.0588. The summed E-state index contributed by atoms with van der Waals surface area (Å²) in [6, 6.07) is 35.2. The molecule has 0 aliphatic heterocycles. The molecule has 190 valence electrons. The summed E-state index contributed by atoms with van der Waals surface area (Å²) in [6.45, 7) is 4.29. The number of aromatic hydroxyl groups is 1. The molecule has 0 saturated heterocycles. The van der Waals surface area contributed by atoms with E-state index in [-0.39, 0.29) is 5.75 Å². The van der Waals surface area contributed by atoms with Crippen LogP contribution in [-0.4, -0.2) is 16.3 Å². The number of halogens is 1. The Morgan fingerprint density at radius 1 is 0.744 bits per heavy atom. The number of para-hydroxylation sites is 1. The number of fused-ring (bicyclic) bond motifs is 1. The van der Waals surface area contributed by atoms with Gasteiger partial charge in [-0.2, -0.15) is 0 Å². The molecule has 0 aliphatic carbocycles. The fourth-order valence-electron chi connectivity index (χ4n) is 4.83. The largest absolute Gasteiger partial charge is 0.507 e. The zero-order valence-corrected chi connectivity index (χ0v) is 24.5. The molecule has 6 rings (SSSR count). The second-order valence-electron chi connectivity index (χ2n) is 9.61. The van der Waals surface area contributed by atoms with Gasteiger partial charge < -0.3 is 5.11 Å². The van der Waals surface area contributed by atoms with E-state index in [2.05, 4.69) is 97.1 Å². The van der Waals surface area contributed by atoms with Gasteiger partial charge in [0.1, 0.15) is 10.8 Å². The molecule has 6 aromatic rings. The monoisotopic (exact) mass is 636 g/mol. The van der Waals surface area contributed by atoms with E-state index in [1.807, 2.05) is 36.4 Å². The minimum atomic E-state index is 0.211. The molecule has 0 amide bonds. The van der Waals surface area contributed by atoms with E-state index in [4.69, 9.17) is 9.98 Å². The van der Waals surface area contributed by atoms with Crippen LogP contribution in [0.2, 0.25) is 0 Å². The lowest BCUT2D eigenvalue weighted by atomic mass is 9.96. The quantitative estimate of drug-likeness (QED) is 0.151. The smallest absolute Gasteiger partial charge is 0.126 e. The third kappa shape index (κ3) is 5.37. The number of thiazole rings is 1. The lowest BCUT2D eigenvalue weighted by molar-refractivity contribution is 0.474. The lowest BCUT2D eigenvalue weighted by Gasteiger charge is -2.09. The van der Waals surface area contributed by atoms with Gasteiger partial charge in [0.2, 0.25) is 0 Å². The van der Waals surface area contributed by atoms with Crippen molar-refractivity contribution in [2.75, 3.05) is 0 Å². The average molecular weight is 637 g/mol. The van der Waals surface area contributed by atoms with Crippen molar-refractivity contribution in [1.82, 2.24) is 4.98 Å². The highest BCUT2D eigenvalue weighted by Gasteiger charge is 2.16. The second-order valence-corrected chi connectivity index (χ2v) is 11.9. The van der Waals surface area contributed by atoms with E-state index in [1.54, 1.807) is 23.6 Å². The molecule has 0 radical (unpaired) electrons. The summed E-state index contributed by atoms with van der Waals surface area (Å²) in [4.78, 5) is 9.94. The number of phenols is 1. The molecule has 0 fully saturated rings. The van der Waals surface area contributed by atoms with Crippen molar-refractivity contribution in [3.05, 3.63) is 123 Å². The highest BCUT2D eigenvalue weighted by molar-refractivity contribution is 14.1. The molecule has 1 N–H and O–H groups in total. The van der Waals surface area contributed by atoms with Crippen molar-refractivity contribution in [2.45, 2.75) is 13.8 Å². The Bertz CT molecular complexity index is 1840. The molecule has 1 heterocycles. The molecule has 5 heteroatoms. The number of nitrogens with zero attached hydrogens (tertiary/aromatic N) is 2. The second kappa shape index (κ2) is 10.8. The van der Waals surface area contributed by atoms with Crippen LogP contribution in [-0.2, 0) is 0 Å². The van der Waals surface area contributed by atoms with Crippen LogP contribution in [0.4, 0.5) is 5.69 Å². The first-order chi connectivity index (χ1) is 18.9. The number of benzene rings is 5. The highest BCUT2D eigenvalue weighted by Crippen LogP contribution is 2.41. The van der Waals surface area contributed by atoms with Gasteiger partial charge in [0.05, 0.1) is 15.9 Å². The molecule has 0 saturated carbocycles. The zero-order chi connectivity index (χ0) is 26.9. The van der Waals surface area contributed by atoms with Crippen molar-refractivity contribution in [3.63, 3.8) is 0 Å². The van der Waals surface area contributed by atoms with Gasteiger partial charge in [-0.15, -0.1) is 11.3 Å². The molecule has 0 spiro atoms. The summed E-state index contributed by atoms with van der Waals surface area (Å²) >= 11 is 3.92. The van der Waals surface area contributed by atoms with Gasteiger partial charge >= 0.3 is 0 Å². The van der Waals surface area contributed by atoms with Gasteiger partial charge in [-0.3, -0.25) is 4.99 Å². The first-order valence-electron chi connectivity index (χ1n) is 12.7. The van der Waals surface area contributed by atoms with E-state index < -0.39 is 0 Å². The molecule has 0 bridgehead atoms. The SMILES string of the molecule is Cc1cc(C)cc(-c2cc(-c3ccccc3)c3nc(-c4ccccc4N=Cc4cc(I)ccc4O)sc3c2)c1. The number of hydrogen-bond donors (Lipinski definition) is 1. The van der Waals surface area contributed by atoms with Crippen molar-refractivity contribution in [2.24, 2.45) is 4.99 Å². The van der Waals surface area contributed by atoms with E-state index >= 15 is 0 Å². The Balaban J connectivity index is 1.51. The summed E-state index contributed by atoms with van der Waals surface area (Å²) in [7, 11) is 0. The highest BCUT2D eigenvalue weighted by atomic mass is 127. The van der Waals surface area contributed by atoms with E-state index in [0.717, 1.165) is 41.2 Å². The predicted molar refractivity (Wildman–Crippen MR) is 173 cm³/mol. The van der Waals surface area contributed by atoms with Gasteiger partial charge in [0.25, 0.3) is 0 Å². The molecule has 0 atom stereocenters. The lowest BCUT2D eigenvalue weighted by Crippen LogP contribution is -1.87. The van der Waals surface area contributed by atoms with Gasteiger partial charge in [0, 0.05) is 26.5 Å². The molecule has 0 aliphatic rings. The number of aryl methyl sites for hydroxylation is 2. The molecule has 3 nitrogen and oxygen atoms in total. The molecule has 1 aromatic heterocycles. The van der Waals surface area contributed by atoms with Crippen molar-refractivity contribution < 1.29 is 5.11 Å². The number of rotatable bonds is 5. The number of phenolic OH excluding ortho intramolecular Hbond substituents is 1. The minimum absolute atomic E-state index is 0.211. The number of hydrogen-bond acceptors (Lipinski definition) is 4. The average Bonchev–Trinajstić information content (AvgIpc) is 3.37. The molecule has 39 heavy (non-hydrogen) atoms. The van der Waals surface area contributed by atoms with Crippen molar-refractivity contribution in [1.29, 1.82) is 0 Å². The van der Waals surface area contributed by atoms with Crippen molar-refractivity contribution in [3.8, 4) is 38.6 Å². The third-order valence-electron chi connectivity index (χ3n) is 6.60. The summed E-state index contributed by atoms with van der Waals surface area (Å²) in [5, 5.41) is 11.2. The maximum Gasteiger partial charge on any atom is 0.126 e. The van der Waals surface area contributed by atoms with Gasteiger partial charge in [-0.25, -0.2) is 4.98 Å². The number of aliphatic imine (C=N–C) groups is 1. The first-order valence-corrected chi connectivity index (χ1v) is 14.5. The number of aromatic nitrogens is 1. The summed E-state index contributed by atoms with van der Waals surface area (Å²) < 4.78 is 2.17. The van der Waals surface area contributed by atoms with Gasteiger partial charge in [-0.05, 0) is 95.6 Å². The van der Waals surface area contributed by atoms with Crippen LogP contribution < -0.4 is 0 Å². The van der Waals surface area contributed by atoms with Crippen LogP contribution in [0.3, 0.4) is 0 Å². The topological polar surface area (TPSA) is 45.5 Å². The molecular weight excluding hydrogens is 611 g/mol. The summed E-state index contributed by atoms with van der Waals surface area (Å²) in [5.41, 5.74) is 10.6. The van der Waals surface area contributed by atoms with Gasteiger partial charge in [-0.1, -0.05) is 71.8 Å². The predicted octanol–water partition coefficient (Wildman–Crippen LogP) is 9.97. The Morgan fingerprint density at radius 3 is 2.26 bits per heavy atom. The van der Waals surface area contributed by atoms with Crippen molar-refractivity contribution >= 4 is 56.0 Å². The van der Waals surface area contributed by atoms with Crippen LogP contribution in [0.15, 0.2) is 108 Å². The van der Waals surface area contributed by atoms with E-state index in [0.29, 0.717) is 5.56 Å². The first kappa shape index (κ1) is 25.5. The van der Waals surface area contributed by atoms with Crippen LogP contribution in [0, 0.1) is 17.4 Å². The maximum absolute atomic E-state index is 10.3. The Kier molecular flexibility index (Phi) is 7.02. The van der Waals surface area contributed by atoms with Crippen LogP contribution in [0.25, 0.3) is 43.0 Å². The molecule has 0 unspecified atom stereocenters. The fourth-order valence-corrected chi connectivity index (χ4v) is 6.41. The Morgan fingerprint density at radius 2 is 1.46 bits per heavy atom. The maximum atomic E-state index is 10.3. The third-order valence-corrected chi connectivity index (χ3v) is 8.31. The Labute approximate surface area is 245 Å². The van der Waals surface area contributed by atoms with Gasteiger partial charge in [0.15, 0.2) is 0 Å². The minimum Gasteiger partial charge on any atom is -0.507 e.